The molecule has 7 heteroatoms. The van der Waals surface area contributed by atoms with Crippen molar-refractivity contribution in [3.8, 4) is 12.0 Å². The van der Waals surface area contributed by atoms with Gasteiger partial charge in [0.25, 0.3) is 0 Å². The third-order valence-electron chi connectivity index (χ3n) is 2.35. The van der Waals surface area contributed by atoms with Crippen molar-refractivity contribution in [2.45, 2.75) is 25.9 Å². The lowest BCUT2D eigenvalue weighted by Crippen LogP contribution is -2.33. The van der Waals surface area contributed by atoms with Gasteiger partial charge in [-0.3, -0.25) is 0 Å². The minimum Gasteiger partial charge on any atom is -0.467 e. The van der Waals surface area contributed by atoms with Crippen molar-refractivity contribution < 1.29 is 14.6 Å². The Balaban J connectivity index is 2.76. The van der Waals surface area contributed by atoms with Crippen molar-refractivity contribution in [2.75, 3.05) is 26.1 Å². The van der Waals surface area contributed by atoms with Crippen LogP contribution in [0.4, 0.5) is 5.95 Å². The Kier molecular flexibility index (Phi) is 4.45. The minimum absolute atomic E-state index is 0.162. The van der Waals surface area contributed by atoms with Gasteiger partial charge in [0.2, 0.25) is 5.95 Å². The van der Waals surface area contributed by atoms with Crippen LogP contribution in [0.15, 0.2) is 0 Å². The molecule has 1 rings (SSSR count). The third-order valence-corrected chi connectivity index (χ3v) is 2.35. The van der Waals surface area contributed by atoms with Gasteiger partial charge in [0.05, 0.1) is 19.8 Å². The zero-order valence-electron chi connectivity index (χ0n) is 10.5. The van der Waals surface area contributed by atoms with E-state index in [1.54, 1.807) is 6.92 Å². The molecule has 0 saturated carbocycles. The first-order chi connectivity index (χ1) is 8.00. The normalized spacial score (nSPS) is 13.9. The van der Waals surface area contributed by atoms with Crippen LogP contribution in [-0.2, 0) is 0 Å². The second kappa shape index (κ2) is 5.62. The first-order valence-corrected chi connectivity index (χ1v) is 5.31. The SMILES string of the molecule is CCC(C)(O)CNc1nc(OC)nc(OC)n1. The first-order valence-electron chi connectivity index (χ1n) is 5.31. The van der Waals surface area contributed by atoms with E-state index in [0.29, 0.717) is 18.9 Å². The number of aromatic nitrogens is 3. The average molecular weight is 242 g/mol. The van der Waals surface area contributed by atoms with E-state index in [-0.39, 0.29) is 12.0 Å². The Hall–Kier alpha value is -1.63. The molecule has 2 N–H and O–H groups in total. The van der Waals surface area contributed by atoms with Gasteiger partial charge in [0.15, 0.2) is 0 Å². The predicted molar refractivity (Wildman–Crippen MR) is 62.3 cm³/mol. The minimum atomic E-state index is -0.812. The summed E-state index contributed by atoms with van der Waals surface area (Å²) in [5, 5.41) is 12.8. The molecule has 0 spiro atoms. The highest BCUT2D eigenvalue weighted by Crippen LogP contribution is 2.14. The highest BCUT2D eigenvalue weighted by atomic mass is 16.5. The zero-order chi connectivity index (χ0) is 12.9. The van der Waals surface area contributed by atoms with Crippen LogP contribution in [-0.4, -0.2) is 46.4 Å². The third kappa shape index (κ3) is 4.03. The number of hydrogen-bond donors (Lipinski definition) is 2. The van der Waals surface area contributed by atoms with Gasteiger partial charge in [-0.25, -0.2) is 0 Å². The van der Waals surface area contributed by atoms with Crippen LogP contribution in [0.3, 0.4) is 0 Å². The molecule has 0 aromatic carbocycles. The summed E-state index contributed by atoms with van der Waals surface area (Å²) in [6.07, 6.45) is 0.624. The molecule has 0 aliphatic carbocycles. The van der Waals surface area contributed by atoms with Crippen molar-refractivity contribution in [3.63, 3.8) is 0 Å². The molecule has 0 aliphatic rings. The van der Waals surface area contributed by atoms with Gasteiger partial charge < -0.3 is 19.9 Å². The molecule has 0 bridgehead atoms. The van der Waals surface area contributed by atoms with Crippen LogP contribution in [0.2, 0.25) is 0 Å². The van der Waals surface area contributed by atoms with Gasteiger partial charge in [0.1, 0.15) is 0 Å². The molecule has 1 heterocycles. The van der Waals surface area contributed by atoms with E-state index in [1.807, 2.05) is 6.92 Å². The fraction of sp³-hybridized carbons (Fsp3) is 0.700. The fourth-order valence-electron chi connectivity index (χ4n) is 0.994. The van der Waals surface area contributed by atoms with Gasteiger partial charge >= 0.3 is 12.0 Å². The summed E-state index contributed by atoms with van der Waals surface area (Å²) in [5.41, 5.74) is -0.812. The summed E-state index contributed by atoms with van der Waals surface area (Å²) in [6.45, 7) is 3.96. The van der Waals surface area contributed by atoms with E-state index >= 15 is 0 Å². The molecule has 0 aliphatic heterocycles. The van der Waals surface area contributed by atoms with Crippen LogP contribution in [0, 0.1) is 0 Å². The van der Waals surface area contributed by atoms with Crippen molar-refractivity contribution in [2.24, 2.45) is 0 Å². The topological polar surface area (TPSA) is 89.4 Å². The molecule has 1 aromatic rings. The Morgan fingerprint density at radius 3 is 2.12 bits per heavy atom. The lowest BCUT2D eigenvalue weighted by atomic mass is 10.0. The summed E-state index contributed by atoms with van der Waals surface area (Å²) in [7, 11) is 2.92. The van der Waals surface area contributed by atoms with Crippen molar-refractivity contribution >= 4 is 5.95 Å². The molecule has 0 saturated heterocycles. The predicted octanol–water partition coefficient (Wildman–Crippen LogP) is 0.462. The van der Waals surface area contributed by atoms with Gasteiger partial charge in [-0.15, -0.1) is 4.98 Å². The average Bonchev–Trinajstić information content (AvgIpc) is 2.36. The highest BCUT2D eigenvalue weighted by molar-refractivity contribution is 5.28. The molecule has 1 aromatic heterocycles. The molecule has 0 amide bonds. The first kappa shape index (κ1) is 13.4. The maximum Gasteiger partial charge on any atom is 0.324 e. The lowest BCUT2D eigenvalue weighted by molar-refractivity contribution is 0.0695. The monoisotopic (exact) mass is 242 g/mol. The number of methoxy groups -OCH3 is 2. The Morgan fingerprint density at radius 2 is 1.71 bits per heavy atom. The molecule has 1 atom stereocenters. The summed E-state index contributed by atoms with van der Waals surface area (Å²) < 4.78 is 9.82. The zero-order valence-corrected chi connectivity index (χ0v) is 10.5. The largest absolute Gasteiger partial charge is 0.467 e. The molecule has 0 radical (unpaired) electrons. The van der Waals surface area contributed by atoms with E-state index in [9.17, 15) is 5.11 Å². The summed E-state index contributed by atoms with van der Waals surface area (Å²) in [5.74, 6) is 0.308. The lowest BCUT2D eigenvalue weighted by Gasteiger charge is -2.21. The number of anilines is 1. The molecular weight excluding hydrogens is 224 g/mol. The van der Waals surface area contributed by atoms with Crippen LogP contribution >= 0.6 is 0 Å². The van der Waals surface area contributed by atoms with Gasteiger partial charge in [-0.05, 0) is 13.3 Å². The molecule has 7 nitrogen and oxygen atoms in total. The Morgan fingerprint density at radius 1 is 1.18 bits per heavy atom. The van der Waals surface area contributed by atoms with Gasteiger partial charge in [-0.1, -0.05) is 6.92 Å². The number of aliphatic hydroxyl groups is 1. The van der Waals surface area contributed by atoms with E-state index in [4.69, 9.17) is 9.47 Å². The fourth-order valence-corrected chi connectivity index (χ4v) is 0.994. The second-order valence-corrected chi connectivity index (χ2v) is 3.84. The van der Waals surface area contributed by atoms with Gasteiger partial charge in [-0.2, -0.15) is 9.97 Å². The summed E-state index contributed by atoms with van der Waals surface area (Å²) in [4.78, 5) is 11.8. The number of hydrogen-bond acceptors (Lipinski definition) is 7. The van der Waals surface area contributed by atoms with E-state index in [1.165, 1.54) is 14.2 Å². The van der Waals surface area contributed by atoms with Crippen molar-refractivity contribution in [3.05, 3.63) is 0 Å². The molecule has 96 valence electrons. The number of rotatable bonds is 6. The highest BCUT2D eigenvalue weighted by Gasteiger charge is 2.18. The maximum atomic E-state index is 9.84. The van der Waals surface area contributed by atoms with Crippen LogP contribution in [0.1, 0.15) is 20.3 Å². The van der Waals surface area contributed by atoms with Gasteiger partial charge in [0, 0.05) is 6.54 Å². The van der Waals surface area contributed by atoms with Crippen LogP contribution < -0.4 is 14.8 Å². The Bertz CT molecular complexity index is 348. The smallest absolute Gasteiger partial charge is 0.324 e. The van der Waals surface area contributed by atoms with E-state index in [2.05, 4.69) is 20.3 Å². The molecule has 1 unspecified atom stereocenters. The number of nitrogens with one attached hydrogen (secondary N) is 1. The quantitative estimate of drug-likeness (QED) is 0.749. The van der Waals surface area contributed by atoms with Crippen molar-refractivity contribution in [1.29, 1.82) is 0 Å². The second-order valence-electron chi connectivity index (χ2n) is 3.84. The van der Waals surface area contributed by atoms with Crippen LogP contribution in [0.5, 0.6) is 12.0 Å². The number of ether oxygens (including phenoxy) is 2. The summed E-state index contributed by atoms with van der Waals surface area (Å²) in [6, 6.07) is 0.325. The van der Waals surface area contributed by atoms with E-state index in [0.717, 1.165) is 0 Å². The number of nitrogens with zero attached hydrogens (tertiary/aromatic N) is 3. The molecule has 17 heavy (non-hydrogen) atoms. The standard InChI is InChI=1S/C10H18N4O3/c1-5-10(2,15)6-11-7-12-8(16-3)14-9(13-7)17-4/h15H,5-6H2,1-4H3,(H,11,12,13,14). The summed E-state index contributed by atoms with van der Waals surface area (Å²) >= 11 is 0. The maximum absolute atomic E-state index is 9.84. The Labute approximate surface area is 100 Å². The van der Waals surface area contributed by atoms with E-state index < -0.39 is 5.60 Å². The molecular formula is C10H18N4O3. The van der Waals surface area contributed by atoms with Crippen LogP contribution in [0.25, 0.3) is 0 Å². The molecule has 0 fully saturated rings. The van der Waals surface area contributed by atoms with Crippen molar-refractivity contribution in [1.82, 2.24) is 15.0 Å².